The van der Waals surface area contributed by atoms with Crippen molar-refractivity contribution in [3.8, 4) is 0 Å². The van der Waals surface area contributed by atoms with Crippen LogP contribution in [0.15, 0.2) is 29.2 Å². The molecule has 23 heavy (non-hydrogen) atoms. The summed E-state index contributed by atoms with van der Waals surface area (Å²) in [6.45, 7) is 3.16. The molecule has 0 saturated carbocycles. The molecule has 4 heterocycles. The Balaban J connectivity index is 1.44. The zero-order chi connectivity index (χ0) is 15.8. The van der Waals surface area contributed by atoms with Crippen LogP contribution in [0.1, 0.15) is 40.9 Å². The van der Waals surface area contributed by atoms with Gasteiger partial charge in [-0.05, 0) is 25.8 Å². The van der Waals surface area contributed by atoms with E-state index in [-0.39, 0.29) is 18.1 Å². The van der Waals surface area contributed by atoms with E-state index in [2.05, 4.69) is 15.1 Å². The average molecular weight is 314 g/mol. The third-order valence-corrected chi connectivity index (χ3v) is 4.59. The van der Waals surface area contributed by atoms with Gasteiger partial charge in [-0.25, -0.2) is 9.97 Å². The number of piperidine rings is 1. The van der Waals surface area contributed by atoms with Crippen molar-refractivity contribution in [3.63, 3.8) is 0 Å². The summed E-state index contributed by atoms with van der Waals surface area (Å²) in [5, 5.41) is 3.82. The fourth-order valence-corrected chi connectivity index (χ4v) is 3.45. The van der Waals surface area contributed by atoms with Crippen LogP contribution in [0.3, 0.4) is 0 Å². The zero-order valence-electron chi connectivity index (χ0n) is 12.9. The van der Waals surface area contributed by atoms with Gasteiger partial charge in [0.1, 0.15) is 18.2 Å². The van der Waals surface area contributed by atoms with Gasteiger partial charge >= 0.3 is 0 Å². The molecule has 0 unspecified atom stereocenters. The first-order chi connectivity index (χ1) is 11.2. The maximum absolute atomic E-state index is 12.5. The molecule has 0 bridgehead atoms. The van der Waals surface area contributed by atoms with Crippen molar-refractivity contribution < 1.29 is 14.1 Å². The van der Waals surface area contributed by atoms with E-state index in [1.54, 1.807) is 25.5 Å². The Morgan fingerprint density at radius 2 is 2.35 bits per heavy atom. The van der Waals surface area contributed by atoms with Gasteiger partial charge in [0.25, 0.3) is 5.91 Å². The van der Waals surface area contributed by atoms with Crippen molar-refractivity contribution in [1.82, 2.24) is 20.0 Å². The number of rotatable bonds is 2. The van der Waals surface area contributed by atoms with Gasteiger partial charge < -0.3 is 14.2 Å². The van der Waals surface area contributed by atoms with Crippen LogP contribution >= 0.6 is 0 Å². The van der Waals surface area contributed by atoms with Crippen LogP contribution in [-0.2, 0) is 4.74 Å². The molecular formula is C16H18N4O3. The van der Waals surface area contributed by atoms with Gasteiger partial charge in [0.15, 0.2) is 5.69 Å². The minimum atomic E-state index is -0.0641. The summed E-state index contributed by atoms with van der Waals surface area (Å²) in [7, 11) is 0. The minimum absolute atomic E-state index is 0.00246. The van der Waals surface area contributed by atoms with Gasteiger partial charge in [0.05, 0.1) is 11.8 Å². The predicted octanol–water partition coefficient (Wildman–Crippen LogP) is 1.77. The van der Waals surface area contributed by atoms with Crippen LogP contribution in [-0.4, -0.2) is 45.1 Å². The van der Waals surface area contributed by atoms with Crippen molar-refractivity contribution in [3.05, 3.63) is 41.8 Å². The Labute approximate surface area is 133 Å². The summed E-state index contributed by atoms with van der Waals surface area (Å²) in [4.78, 5) is 22.6. The molecule has 2 saturated heterocycles. The molecule has 3 atom stereocenters. The van der Waals surface area contributed by atoms with Crippen molar-refractivity contribution >= 4 is 5.91 Å². The van der Waals surface area contributed by atoms with E-state index >= 15 is 0 Å². The lowest BCUT2D eigenvalue weighted by atomic mass is 9.92. The molecule has 2 aliphatic heterocycles. The first kappa shape index (κ1) is 14.3. The van der Waals surface area contributed by atoms with Gasteiger partial charge in [0.2, 0.25) is 0 Å². The largest absolute Gasteiger partial charge is 0.368 e. The second kappa shape index (κ2) is 5.73. The number of aromatic nitrogens is 3. The van der Waals surface area contributed by atoms with Gasteiger partial charge in [-0.3, -0.25) is 4.79 Å². The first-order valence-electron chi connectivity index (χ1n) is 7.84. The number of carbonyl (C=O) groups is 1. The Kier molecular flexibility index (Phi) is 3.57. The topological polar surface area (TPSA) is 81.4 Å². The molecule has 0 radical (unpaired) electrons. The van der Waals surface area contributed by atoms with Crippen molar-refractivity contribution in [1.29, 1.82) is 0 Å². The van der Waals surface area contributed by atoms with Crippen LogP contribution < -0.4 is 0 Å². The monoisotopic (exact) mass is 314 g/mol. The Morgan fingerprint density at radius 1 is 1.43 bits per heavy atom. The maximum atomic E-state index is 12.5. The average Bonchev–Trinajstić information content (AvgIpc) is 3.20. The normalized spacial score (nSPS) is 27.0. The van der Waals surface area contributed by atoms with Crippen molar-refractivity contribution in [2.24, 2.45) is 5.92 Å². The van der Waals surface area contributed by atoms with Gasteiger partial charge in [-0.15, -0.1) is 0 Å². The number of nitrogens with zero attached hydrogens (tertiary/aromatic N) is 4. The van der Waals surface area contributed by atoms with Crippen molar-refractivity contribution in [2.45, 2.75) is 32.0 Å². The van der Waals surface area contributed by atoms with E-state index in [0.717, 1.165) is 18.5 Å². The number of aryl methyl sites for hydroxylation is 1. The fraction of sp³-hybridized carbons (Fsp3) is 0.500. The highest BCUT2D eigenvalue weighted by molar-refractivity contribution is 5.92. The summed E-state index contributed by atoms with van der Waals surface area (Å²) >= 11 is 0. The summed E-state index contributed by atoms with van der Waals surface area (Å²) in [5.41, 5.74) is 1.30. The highest BCUT2D eigenvalue weighted by Gasteiger charge is 2.41. The van der Waals surface area contributed by atoms with Gasteiger partial charge in [0, 0.05) is 31.3 Å². The predicted molar refractivity (Wildman–Crippen MR) is 79.5 cm³/mol. The summed E-state index contributed by atoms with van der Waals surface area (Å²) in [6, 6.07) is 3.58. The van der Waals surface area contributed by atoms with E-state index < -0.39 is 0 Å². The highest BCUT2D eigenvalue weighted by atomic mass is 16.5. The lowest BCUT2D eigenvalue weighted by Crippen LogP contribution is -2.44. The number of fused-ring (bicyclic) bond motifs is 1. The number of hydrogen-bond acceptors (Lipinski definition) is 6. The molecule has 0 N–H and O–H groups in total. The van der Waals surface area contributed by atoms with E-state index in [1.165, 1.54) is 0 Å². The lowest BCUT2D eigenvalue weighted by molar-refractivity contribution is 0.000778. The number of likely N-dealkylation sites (tertiary alicyclic amines) is 1. The molecule has 1 amide bonds. The number of carbonyl (C=O) groups excluding carboxylic acids is 1. The van der Waals surface area contributed by atoms with Crippen LogP contribution in [0.4, 0.5) is 0 Å². The summed E-state index contributed by atoms with van der Waals surface area (Å²) in [6.07, 6.45) is 5.19. The molecule has 7 nitrogen and oxygen atoms in total. The number of amides is 1. The number of ether oxygens (including phenoxy) is 1. The Morgan fingerprint density at radius 3 is 3.09 bits per heavy atom. The van der Waals surface area contributed by atoms with Crippen LogP contribution in [0.2, 0.25) is 0 Å². The number of hydrogen-bond donors (Lipinski definition) is 0. The first-order valence-corrected chi connectivity index (χ1v) is 7.84. The van der Waals surface area contributed by atoms with Gasteiger partial charge in [-0.1, -0.05) is 5.16 Å². The lowest BCUT2D eigenvalue weighted by Gasteiger charge is -2.33. The molecule has 0 aromatic carbocycles. The Hall–Kier alpha value is -2.28. The van der Waals surface area contributed by atoms with Crippen LogP contribution in [0, 0.1) is 12.8 Å². The van der Waals surface area contributed by atoms with E-state index in [0.29, 0.717) is 30.5 Å². The molecule has 2 aromatic rings. The highest BCUT2D eigenvalue weighted by Crippen LogP contribution is 2.40. The molecule has 0 spiro atoms. The quantitative estimate of drug-likeness (QED) is 0.840. The summed E-state index contributed by atoms with van der Waals surface area (Å²) < 4.78 is 11.1. The Bertz CT molecular complexity index is 702. The summed E-state index contributed by atoms with van der Waals surface area (Å²) in [5.74, 6) is 0.919. The third-order valence-electron chi connectivity index (χ3n) is 4.59. The second-order valence-corrected chi connectivity index (χ2v) is 6.16. The third kappa shape index (κ3) is 2.72. The van der Waals surface area contributed by atoms with Gasteiger partial charge in [-0.2, -0.15) is 0 Å². The van der Waals surface area contributed by atoms with E-state index in [1.807, 2.05) is 11.0 Å². The van der Waals surface area contributed by atoms with Crippen molar-refractivity contribution in [2.75, 3.05) is 13.1 Å². The molecular weight excluding hydrogens is 296 g/mol. The van der Waals surface area contributed by atoms with Crippen LogP contribution in [0.25, 0.3) is 0 Å². The standard InChI is InChI=1S/C16H18N4O3/c1-10-6-13(19-23-10)16(21)20-5-3-14-11(8-20)7-15(22-14)12-2-4-17-9-18-12/h2,4,6,9,11,14-15H,3,5,7-8H2,1H3/t11-,14-,15+/m0/s1. The molecule has 2 aromatic heterocycles. The second-order valence-electron chi connectivity index (χ2n) is 6.16. The molecule has 2 fully saturated rings. The molecule has 120 valence electrons. The molecule has 7 heteroatoms. The fourth-order valence-electron chi connectivity index (χ4n) is 3.45. The SMILES string of the molecule is Cc1cc(C(=O)N2CC[C@@H]3O[C@@H](c4ccncn4)C[C@H]3C2)no1. The van der Waals surface area contributed by atoms with E-state index in [4.69, 9.17) is 9.26 Å². The minimum Gasteiger partial charge on any atom is -0.368 e. The molecule has 2 aliphatic rings. The smallest absolute Gasteiger partial charge is 0.276 e. The maximum Gasteiger partial charge on any atom is 0.276 e. The van der Waals surface area contributed by atoms with Crippen LogP contribution in [0.5, 0.6) is 0 Å². The molecule has 0 aliphatic carbocycles. The molecule has 4 rings (SSSR count). The zero-order valence-corrected chi connectivity index (χ0v) is 12.9. The van der Waals surface area contributed by atoms with E-state index in [9.17, 15) is 4.79 Å².